The minimum atomic E-state index is 0.00840. The predicted octanol–water partition coefficient (Wildman–Crippen LogP) is 1.52. The minimum absolute atomic E-state index is 0.00840. The Morgan fingerprint density at radius 3 is 2.90 bits per heavy atom. The van der Waals surface area contributed by atoms with Crippen molar-refractivity contribution < 1.29 is 4.74 Å². The first-order valence-corrected chi connectivity index (χ1v) is 6.31. The third kappa shape index (κ3) is 8.31. The van der Waals surface area contributed by atoms with E-state index in [4.69, 9.17) is 4.74 Å². The molecular formula is C8H14OTe. The number of rotatable bonds is 4. The molecule has 0 fully saturated rings. The normalized spacial score (nSPS) is 8.60. The summed E-state index contributed by atoms with van der Waals surface area (Å²) >= 11 is 0.00840. The number of unbranched alkanes of at least 4 members (excludes halogenated alkanes) is 1. The van der Waals surface area contributed by atoms with Crippen LogP contribution in [-0.4, -0.2) is 34.6 Å². The van der Waals surface area contributed by atoms with Crippen molar-refractivity contribution in [1.82, 2.24) is 0 Å². The van der Waals surface area contributed by atoms with Gasteiger partial charge in [0.25, 0.3) is 0 Å². The van der Waals surface area contributed by atoms with Crippen LogP contribution in [0.4, 0.5) is 0 Å². The summed E-state index contributed by atoms with van der Waals surface area (Å²) in [5.74, 6) is 2.98. The monoisotopic (exact) mass is 256 g/mol. The van der Waals surface area contributed by atoms with Crippen LogP contribution in [0.25, 0.3) is 0 Å². The Bertz CT molecular complexity index is 112. The molecule has 0 aromatic rings. The fraction of sp³-hybridized carbons (Fsp3) is 0.750. The molecule has 0 aliphatic carbocycles. The first kappa shape index (κ1) is 10.3. The van der Waals surface area contributed by atoms with Gasteiger partial charge >= 0.3 is 73.5 Å². The van der Waals surface area contributed by atoms with Crippen LogP contribution < -0.4 is 0 Å². The summed E-state index contributed by atoms with van der Waals surface area (Å²) in [7, 11) is 1.68. The molecule has 0 spiro atoms. The summed E-state index contributed by atoms with van der Waals surface area (Å²) in [5.41, 5.74) is 0. The van der Waals surface area contributed by atoms with Gasteiger partial charge in [-0.2, -0.15) is 0 Å². The molecule has 0 saturated heterocycles. The maximum atomic E-state index is 4.80. The first-order chi connectivity index (χ1) is 4.91. The Kier molecular flexibility index (Phi) is 9.60. The molecule has 0 radical (unpaired) electrons. The molecular weight excluding hydrogens is 240 g/mol. The maximum absolute atomic E-state index is 4.80. The van der Waals surface area contributed by atoms with Crippen LogP contribution >= 0.6 is 0 Å². The van der Waals surface area contributed by atoms with Crippen molar-refractivity contribution in [3.63, 3.8) is 0 Å². The van der Waals surface area contributed by atoms with Gasteiger partial charge in [-0.3, -0.25) is 0 Å². The van der Waals surface area contributed by atoms with E-state index in [2.05, 4.69) is 16.8 Å². The predicted molar refractivity (Wildman–Crippen MR) is 45.1 cm³/mol. The average Bonchev–Trinajstić information content (AvgIpc) is 1.97. The molecule has 0 aromatic heterocycles. The number of hydrogen-bond donors (Lipinski definition) is 0. The molecule has 0 aromatic carbocycles. The number of hydrogen-bond acceptors (Lipinski definition) is 1. The van der Waals surface area contributed by atoms with E-state index in [0.29, 0.717) is 6.61 Å². The van der Waals surface area contributed by atoms with Crippen molar-refractivity contribution in [2.75, 3.05) is 13.7 Å². The van der Waals surface area contributed by atoms with E-state index in [1.807, 2.05) is 0 Å². The summed E-state index contributed by atoms with van der Waals surface area (Å²) in [6.07, 6.45) is 2.65. The fourth-order valence-corrected chi connectivity index (χ4v) is 2.41. The summed E-state index contributed by atoms with van der Waals surface area (Å²) in [4.78, 5) is 0. The number of methoxy groups -OCH3 is 1. The molecule has 0 N–H and O–H groups in total. The standard InChI is InChI=1S/C8H14OTe/c1-3-4-7-10-8-5-6-9-2/h3-4,6-7H2,1-2H3. The van der Waals surface area contributed by atoms with Crippen LogP contribution in [0.3, 0.4) is 0 Å². The average molecular weight is 254 g/mol. The molecule has 0 aliphatic rings. The molecule has 0 amide bonds. The summed E-state index contributed by atoms with van der Waals surface area (Å²) in [6, 6.07) is 0. The molecule has 0 heterocycles. The Morgan fingerprint density at radius 1 is 1.50 bits per heavy atom. The van der Waals surface area contributed by atoms with Crippen LogP contribution in [0.15, 0.2) is 0 Å². The quantitative estimate of drug-likeness (QED) is 0.419. The van der Waals surface area contributed by atoms with Gasteiger partial charge in [-0.05, 0) is 0 Å². The zero-order valence-electron chi connectivity index (χ0n) is 6.64. The van der Waals surface area contributed by atoms with Gasteiger partial charge in [0.05, 0.1) is 0 Å². The Hall–Kier alpha value is 0.310. The van der Waals surface area contributed by atoms with E-state index in [0.717, 1.165) is 0 Å². The van der Waals surface area contributed by atoms with Crippen molar-refractivity contribution >= 4 is 20.9 Å². The van der Waals surface area contributed by atoms with E-state index >= 15 is 0 Å². The van der Waals surface area contributed by atoms with E-state index in [9.17, 15) is 0 Å². The second-order valence-electron chi connectivity index (χ2n) is 1.91. The van der Waals surface area contributed by atoms with Crippen molar-refractivity contribution in [2.45, 2.75) is 24.2 Å². The molecule has 0 atom stereocenters. The van der Waals surface area contributed by atoms with Crippen molar-refractivity contribution in [3.8, 4) is 9.89 Å². The topological polar surface area (TPSA) is 9.23 Å². The van der Waals surface area contributed by atoms with Crippen LogP contribution in [0.5, 0.6) is 0 Å². The summed E-state index contributed by atoms with van der Waals surface area (Å²) in [6.45, 7) is 2.83. The van der Waals surface area contributed by atoms with E-state index < -0.39 is 0 Å². The molecule has 0 saturated carbocycles. The molecule has 0 aliphatic heterocycles. The zero-order chi connectivity index (χ0) is 7.66. The van der Waals surface area contributed by atoms with Gasteiger partial charge in [0.1, 0.15) is 0 Å². The van der Waals surface area contributed by atoms with E-state index in [-0.39, 0.29) is 20.9 Å². The van der Waals surface area contributed by atoms with Gasteiger partial charge in [-0.25, -0.2) is 0 Å². The Balaban J connectivity index is 2.96. The second kappa shape index (κ2) is 9.31. The van der Waals surface area contributed by atoms with Crippen molar-refractivity contribution in [1.29, 1.82) is 0 Å². The van der Waals surface area contributed by atoms with Gasteiger partial charge in [0.15, 0.2) is 0 Å². The van der Waals surface area contributed by atoms with Crippen molar-refractivity contribution in [3.05, 3.63) is 0 Å². The fourth-order valence-electron chi connectivity index (χ4n) is 0.420. The van der Waals surface area contributed by atoms with E-state index in [1.54, 1.807) is 7.11 Å². The molecule has 2 heteroatoms. The zero-order valence-corrected chi connectivity index (χ0v) is 8.98. The Labute approximate surface area is 73.6 Å². The number of ether oxygens (including phenoxy) is 1. The van der Waals surface area contributed by atoms with Crippen LogP contribution in [-0.2, 0) is 4.74 Å². The SMILES string of the molecule is CCCC[Te]C#CCOC. The van der Waals surface area contributed by atoms with Gasteiger partial charge in [0.2, 0.25) is 0 Å². The third-order valence-corrected chi connectivity index (χ3v) is 3.19. The van der Waals surface area contributed by atoms with Gasteiger partial charge < -0.3 is 0 Å². The van der Waals surface area contributed by atoms with Gasteiger partial charge in [-0.15, -0.1) is 0 Å². The summed E-state index contributed by atoms with van der Waals surface area (Å²) in [5, 5.41) is 0. The third-order valence-electron chi connectivity index (χ3n) is 0.961. The molecule has 1 nitrogen and oxygen atoms in total. The van der Waals surface area contributed by atoms with E-state index in [1.165, 1.54) is 17.3 Å². The van der Waals surface area contributed by atoms with Gasteiger partial charge in [-0.1, -0.05) is 0 Å². The second-order valence-corrected chi connectivity index (χ2v) is 4.49. The van der Waals surface area contributed by atoms with Gasteiger partial charge in [0, 0.05) is 0 Å². The molecule has 58 valence electrons. The van der Waals surface area contributed by atoms with Crippen molar-refractivity contribution in [2.24, 2.45) is 0 Å². The Morgan fingerprint density at radius 2 is 2.30 bits per heavy atom. The van der Waals surface area contributed by atoms with Crippen LogP contribution in [0, 0.1) is 9.89 Å². The van der Waals surface area contributed by atoms with Crippen LogP contribution in [0.1, 0.15) is 19.8 Å². The van der Waals surface area contributed by atoms with Crippen LogP contribution in [0.2, 0.25) is 4.47 Å². The molecule has 0 bridgehead atoms. The summed E-state index contributed by atoms with van der Waals surface area (Å²) < 4.78 is 9.33. The molecule has 0 rings (SSSR count). The first-order valence-electron chi connectivity index (χ1n) is 3.50. The molecule has 0 unspecified atom stereocenters. The molecule has 10 heavy (non-hydrogen) atoms.